The normalized spacial score (nSPS) is 25.4. The van der Waals surface area contributed by atoms with Gasteiger partial charge >= 0.3 is 0 Å². The molecule has 1 saturated heterocycles. The van der Waals surface area contributed by atoms with Crippen molar-refractivity contribution in [2.24, 2.45) is 11.3 Å². The monoisotopic (exact) mass is 317 g/mol. The van der Waals surface area contributed by atoms with Crippen molar-refractivity contribution in [3.63, 3.8) is 0 Å². The zero-order chi connectivity index (χ0) is 15.7. The van der Waals surface area contributed by atoms with Gasteiger partial charge in [-0.25, -0.2) is 0 Å². The average Bonchev–Trinajstić information content (AvgIpc) is 2.19. The second-order valence-corrected chi connectivity index (χ2v) is 14.9. The van der Waals surface area contributed by atoms with Gasteiger partial charge in [-0.05, 0) is 44.6 Å². The van der Waals surface area contributed by atoms with Crippen LogP contribution in [0.4, 0.5) is 0 Å². The van der Waals surface area contributed by atoms with Crippen LogP contribution in [0.3, 0.4) is 0 Å². The van der Waals surface area contributed by atoms with Gasteiger partial charge < -0.3 is 14.2 Å². The molecule has 4 nitrogen and oxygen atoms in total. The van der Waals surface area contributed by atoms with E-state index in [1.165, 1.54) is 0 Å². The lowest BCUT2D eigenvalue weighted by molar-refractivity contribution is -0.148. The number of carbonyl (C=O) groups is 1. The van der Waals surface area contributed by atoms with E-state index >= 15 is 0 Å². The molecular weight excluding hydrogens is 286 g/mol. The van der Waals surface area contributed by atoms with Crippen molar-refractivity contribution in [2.45, 2.75) is 72.3 Å². The van der Waals surface area contributed by atoms with E-state index in [0.29, 0.717) is 0 Å². The van der Waals surface area contributed by atoms with Gasteiger partial charge in [-0.15, -0.1) is 0 Å². The van der Waals surface area contributed by atoms with Gasteiger partial charge in [-0.2, -0.15) is 0 Å². The SMILES string of the molecule is C[SiH](C)OC(C[C@H]1C(=O)N[C@@H]1O[Si](C)(C)C)C(C)(C)C. The number of carbonyl (C=O) groups excluding carboxylic acids is 1. The van der Waals surface area contributed by atoms with Crippen molar-refractivity contribution >= 4 is 23.3 Å². The summed E-state index contributed by atoms with van der Waals surface area (Å²) in [6.45, 7) is 17.3. The summed E-state index contributed by atoms with van der Waals surface area (Å²) in [6.07, 6.45) is 0.768. The van der Waals surface area contributed by atoms with Gasteiger partial charge in [0.1, 0.15) is 6.23 Å². The second kappa shape index (κ2) is 6.29. The zero-order valence-corrected chi connectivity index (χ0v) is 16.4. The first kappa shape index (κ1) is 17.9. The fraction of sp³-hybridized carbons (Fsp3) is 0.929. The van der Waals surface area contributed by atoms with Crippen LogP contribution in [0.1, 0.15) is 27.2 Å². The zero-order valence-electron chi connectivity index (χ0n) is 14.2. The highest BCUT2D eigenvalue weighted by atomic mass is 28.4. The molecule has 1 amide bonds. The first-order valence-corrected chi connectivity index (χ1v) is 13.7. The van der Waals surface area contributed by atoms with E-state index in [1.54, 1.807) is 0 Å². The Bertz CT molecular complexity index is 347. The Morgan fingerprint density at radius 1 is 1.30 bits per heavy atom. The van der Waals surface area contributed by atoms with Crippen LogP contribution in [-0.2, 0) is 13.6 Å². The predicted molar refractivity (Wildman–Crippen MR) is 87.7 cm³/mol. The predicted octanol–water partition coefficient (Wildman–Crippen LogP) is 2.71. The summed E-state index contributed by atoms with van der Waals surface area (Å²) in [4.78, 5) is 11.9. The lowest BCUT2D eigenvalue weighted by Crippen LogP contribution is -2.63. The molecule has 3 atom stereocenters. The molecule has 20 heavy (non-hydrogen) atoms. The van der Waals surface area contributed by atoms with Crippen molar-refractivity contribution in [3.8, 4) is 0 Å². The minimum atomic E-state index is -1.64. The molecule has 6 heteroatoms. The van der Waals surface area contributed by atoms with E-state index in [4.69, 9.17) is 8.85 Å². The van der Waals surface area contributed by atoms with Gasteiger partial charge in [-0.3, -0.25) is 4.79 Å². The highest BCUT2D eigenvalue weighted by molar-refractivity contribution is 6.69. The molecule has 1 heterocycles. The summed E-state index contributed by atoms with van der Waals surface area (Å²) in [5.74, 6) is 0.0511. The Labute approximate surface area is 126 Å². The average molecular weight is 318 g/mol. The van der Waals surface area contributed by atoms with E-state index in [2.05, 4.69) is 58.8 Å². The molecule has 1 unspecified atom stereocenters. The van der Waals surface area contributed by atoms with Crippen LogP contribution in [0.25, 0.3) is 0 Å². The maximum atomic E-state index is 11.9. The summed E-state index contributed by atoms with van der Waals surface area (Å²) in [5, 5.41) is 2.89. The van der Waals surface area contributed by atoms with E-state index in [1.807, 2.05) is 0 Å². The lowest BCUT2D eigenvalue weighted by atomic mass is 9.81. The molecule has 0 aromatic carbocycles. The number of hydrogen-bond acceptors (Lipinski definition) is 3. The molecule has 0 aromatic heterocycles. The largest absolute Gasteiger partial charge is 0.417 e. The Morgan fingerprint density at radius 3 is 2.20 bits per heavy atom. The molecule has 0 aromatic rings. The molecule has 1 aliphatic heterocycles. The van der Waals surface area contributed by atoms with Gasteiger partial charge in [0.25, 0.3) is 0 Å². The maximum Gasteiger partial charge on any atom is 0.229 e. The van der Waals surface area contributed by atoms with Crippen molar-refractivity contribution in [1.29, 1.82) is 0 Å². The molecule has 1 rings (SSSR count). The number of amides is 1. The Hall–Kier alpha value is -0.176. The Morgan fingerprint density at radius 2 is 1.85 bits per heavy atom. The smallest absolute Gasteiger partial charge is 0.229 e. The van der Waals surface area contributed by atoms with Crippen molar-refractivity contribution in [3.05, 3.63) is 0 Å². The molecule has 1 N–H and O–H groups in total. The van der Waals surface area contributed by atoms with Gasteiger partial charge in [-0.1, -0.05) is 20.8 Å². The van der Waals surface area contributed by atoms with Crippen molar-refractivity contribution < 1.29 is 13.6 Å². The van der Waals surface area contributed by atoms with Crippen LogP contribution in [0.5, 0.6) is 0 Å². The summed E-state index contributed by atoms with van der Waals surface area (Å²) in [6, 6.07) is 0. The summed E-state index contributed by atoms with van der Waals surface area (Å²) in [7, 11) is -2.76. The highest BCUT2D eigenvalue weighted by Crippen LogP contribution is 2.33. The fourth-order valence-corrected chi connectivity index (χ4v) is 4.45. The van der Waals surface area contributed by atoms with Crippen LogP contribution >= 0.6 is 0 Å². The fourth-order valence-electron chi connectivity index (χ4n) is 2.28. The highest BCUT2D eigenvalue weighted by Gasteiger charge is 2.45. The maximum absolute atomic E-state index is 11.9. The van der Waals surface area contributed by atoms with Crippen LogP contribution in [0.15, 0.2) is 0 Å². The molecule has 1 fully saturated rings. The quantitative estimate of drug-likeness (QED) is 0.605. The van der Waals surface area contributed by atoms with Crippen LogP contribution < -0.4 is 5.32 Å². The number of rotatable bonds is 6. The molecule has 118 valence electrons. The summed E-state index contributed by atoms with van der Waals surface area (Å²) < 4.78 is 12.2. The third kappa shape index (κ3) is 5.31. The molecule has 0 spiro atoms. The summed E-state index contributed by atoms with van der Waals surface area (Å²) >= 11 is 0. The first-order valence-electron chi connectivity index (χ1n) is 7.54. The standard InChI is InChI=1S/C14H31NO3Si2/c1-14(2,3)11(17-19(4)5)9-10-12(16)15-13(10)18-20(6,7)8/h10-11,13,19H,9H2,1-8H3,(H,15,16)/t10-,11?,13+/m0/s1. The van der Waals surface area contributed by atoms with E-state index in [0.717, 1.165) is 6.42 Å². The number of β-lactam (4-membered cyclic amide) rings is 1. The van der Waals surface area contributed by atoms with Gasteiger partial charge in [0.2, 0.25) is 5.91 Å². The summed E-state index contributed by atoms with van der Waals surface area (Å²) in [5.41, 5.74) is 0.0524. The van der Waals surface area contributed by atoms with Gasteiger partial charge in [0.05, 0.1) is 12.0 Å². The number of nitrogens with one attached hydrogen (secondary N) is 1. The third-order valence-corrected chi connectivity index (χ3v) is 5.17. The van der Waals surface area contributed by atoms with Crippen LogP contribution in [0, 0.1) is 11.3 Å². The first-order chi connectivity index (χ1) is 8.90. The second-order valence-electron chi connectivity index (χ2n) is 8.04. The molecule has 0 bridgehead atoms. The lowest BCUT2D eigenvalue weighted by Gasteiger charge is -2.43. The Kier molecular flexibility index (Phi) is 5.63. The molecular formula is C14H31NO3Si2. The Balaban J connectivity index is 2.69. The molecule has 1 aliphatic rings. The van der Waals surface area contributed by atoms with Crippen LogP contribution in [-0.4, -0.2) is 35.6 Å². The topological polar surface area (TPSA) is 47.6 Å². The van der Waals surface area contributed by atoms with Crippen molar-refractivity contribution in [2.75, 3.05) is 0 Å². The van der Waals surface area contributed by atoms with Crippen LogP contribution in [0.2, 0.25) is 32.7 Å². The van der Waals surface area contributed by atoms with Gasteiger partial charge in [0, 0.05) is 0 Å². The minimum absolute atomic E-state index is 0.0524. The van der Waals surface area contributed by atoms with E-state index in [9.17, 15) is 4.79 Å². The van der Waals surface area contributed by atoms with Gasteiger partial charge in [0.15, 0.2) is 17.4 Å². The van der Waals surface area contributed by atoms with E-state index < -0.39 is 17.4 Å². The molecule has 0 aliphatic carbocycles. The van der Waals surface area contributed by atoms with E-state index in [-0.39, 0.29) is 29.6 Å². The third-order valence-electron chi connectivity index (χ3n) is 3.34. The molecule has 0 saturated carbocycles. The van der Waals surface area contributed by atoms with Crippen molar-refractivity contribution in [1.82, 2.24) is 5.32 Å². The molecule has 0 radical (unpaired) electrons. The number of hydrogen-bond donors (Lipinski definition) is 1. The minimum Gasteiger partial charge on any atom is -0.417 e.